The standard InChI is InChI=1S/C9H8F3N5O2/c10-9(11,12)5-2-14-17(3-5)4-6-1-7(16-19-6)8(18)15-13/h1-3H,4,13H2,(H,15,18). The van der Waals surface area contributed by atoms with Gasteiger partial charge >= 0.3 is 6.18 Å². The molecule has 0 fully saturated rings. The number of alkyl halides is 3. The molecule has 0 radical (unpaired) electrons. The van der Waals surface area contributed by atoms with Gasteiger partial charge in [0.05, 0.1) is 11.8 Å². The van der Waals surface area contributed by atoms with Crippen LogP contribution in [0.15, 0.2) is 23.0 Å². The first kappa shape index (κ1) is 13.1. The molecule has 19 heavy (non-hydrogen) atoms. The van der Waals surface area contributed by atoms with Gasteiger partial charge in [-0.25, -0.2) is 5.84 Å². The first-order valence-corrected chi connectivity index (χ1v) is 4.96. The second kappa shape index (κ2) is 4.72. The second-order valence-corrected chi connectivity index (χ2v) is 3.58. The molecule has 0 aliphatic carbocycles. The van der Waals surface area contributed by atoms with Gasteiger partial charge in [0.1, 0.15) is 6.54 Å². The number of hydrazine groups is 1. The van der Waals surface area contributed by atoms with Crippen molar-refractivity contribution in [2.24, 2.45) is 5.84 Å². The van der Waals surface area contributed by atoms with Crippen LogP contribution in [0, 0.1) is 0 Å². The Morgan fingerprint density at radius 2 is 2.26 bits per heavy atom. The zero-order valence-corrected chi connectivity index (χ0v) is 9.31. The summed E-state index contributed by atoms with van der Waals surface area (Å²) in [5.74, 6) is 4.41. The summed E-state index contributed by atoms with van der Waals surface area (Å²) < 4.78 is 42.8. The molecule has 0 aromatic carbocycles. The third kappa shape index (κ3) is 2.91. The van der Waals surface area contributed by atoms with Gasteiger partial charge in [0.25, 0.3) is 5.91 Å². The van der Waals surface area contributed by atoms with E-state index in [1.807, 2.05) is 5.43 Å². The van der Waals surface area contributed by atoms with E-state index < -0.39 is 17.6 Å². The van der Waals surface area contributed by atoms with Crippen LogP contribution in [0.1, 0.15) is 21.8 Å². The van der Waals surface area contributed by atoms with Gasteiger partial charge in [-0.3, -0.25) is 14.9 Å². The number of nitrogen functional groups attached to an aromatic ring is 1. The van der Waals surface area contributed by atoms with Crippen molar-refractivity contribution >= 4 is 5.91 Å². The zero-order valence-electron chi connectivity index (χ0n) is 9.31. The second-order valence-electron chi connectivity index (χ2n) is 3.58. The summed E-state index contributed by atoms with van der Waals surface area (Å²) in [4.78, 5) is 11.1. The lowest BCUT2D eigenvalue weighted by Gasteiger charge is -2.00. The van der Waals surface area contributed by atoms with Crippen molar-refractivity contribution in [3.63, 3.8) is 0 Å². The Morgan fingerprint density at radius 3 is 2.84 bits per heavy atom. The van der Waals surface area contributed by atoms with E-state index in [9.17, 15) is 18.0 Å². The average molecular weight is 275 g/mol. The van der Waals surface area contributed by atoms with Crippen molar-refractivity contribution < 1.29 is 22.5 Å². The molecule has 10 heteroatoms. The van der Waals surface area contributed by atoms with Crippen molar-refractivity contribution in [3.8, 4) is 0 Å². The van der Waals surface area contributed by atoms with E-state index in [-0.39, 0.29) is 18.0 Å². The van der Waals surface area contributed by atoms with E-state index in [4.69, 9.17) is 10.4 Å². The molecule has 7 nitrogen and oxygen atoms in total. The summed E-state index contributed by atoms with van der Waals surface area (Å²) in [6, 6.07) is 1.26. The number of carbonyl (C=O) groups is 1. The third-order valence-corrected chi connectivity index (χ3v) is 2.20. The Morgan fingerprint density at radius 1 is 1.53 bits per heavy atom. The van der Waals surface area contributed by atoms with Crippen LogP contribution in [0.3, 0.4) is 0 Å². The largest absolute Gasteiger partial charge is 0.419 e. The molecule has 2 heterocycles. The first-order valence-electron chi connectivity index (χ1n) is 4.96. The summed E-state index contributed by atoms with van der Waals surface area (Å²) in [5.41, 5.74) is 0.912. The Balaban J connectivity index is 2.11. The van der Waals surface area contributed by atoms with Gasteiger partial charge in [-0.05, 0) is 0 Å². The van der Waals surface area contributed by atoms with Crippen LogP contribution in [0.5, 0.6) is 0 Å². The minimum absolute atomic E-state index is 0.0688. The molecule has 0 spiro atoms. The predicted octanol–water partition coefficient (Wildman–Crippen LogP) is 0.542. The monoisotopic (exact) mass is 275 g/mol. The predicted molar refractivity (Wildman–Crippen MR) is 54.5 cm³/mol. The minimum Gasteiger partial charge on any atom is -0.359 e. The van der Waals surface area contributed by atoms with E-state index in [2.05, 4.69) is 10.3 Å². The third-order valence-electron chi connectivity index (χ3n) is 2.20. The summed E-state index contributed by atoms with van der Waals surface area (Å²) in [5, 5.41) is 6.94. The fraction of sp³-hybridized carbons (Fsp3) is 0.222. The molecular weight excluding hydrogens is 267 g/mol. The number of nitrogens with zero attached hydrogens (tertiary/aromatic N) is 3. The van der Waals surface area contributed by atoms with Crippen molar-refractivity contribution in [2.45, 2.75) is 12.7 Å². The topological polar surface area (TPSA) is 99.0 Å². The van der Waals surface area contributed by atoms with E-state index >= 15 is 0 Å². The highest BCUT2D eigenvalue weighted by Crippen LogP contribution is 2.28. The van der Waals surface area contributed by atoms with Crippen molar-refractivity contribution in [2.75, 3.05) is 0 Å². The Hall–Kier alpha value is -2.36. The number of hydrogen-bond donors (Lipinski definition) is 2. The molecule has 0 bridgehead atoms. The minimum atomic E-state index is -4.45. The number of halogens is 3. The van der Waals surface area contributed by atoms with Crippen LogP contribution in [0.25, 0.3) is 0 Å². The number of nitrogens with two attached hydrogens (primary N) is 1. The number of aromatic nitrogens is 3. The lowest BCUT2D eigenvalue weighted by Crippen LogP contribution is -2.30. The highest BCUT2D eigenvalue weighted by molar-refractivity contribution is 5.91. The molecular formula is C9H8F3N5O2. The highest BCUT2D eigenvalue weighted by Gasteiger charge is 2.32. The number of rotatable bonds is 3. The Labute approximate surface area is 104 Å². The molecule has 0 unspecified atom stereocenters. The maximum atomic E-state index is 12.3. The van der Waals surface area contributed by atoms with Crippen LogP contribution < -0.4 is 11.3 Å². The highest BCUT2D eigenvalue weighted by atomic mass is 19.4. The average Bonchev–Trinajstić information content (AvgIpc) is 2.97. The van der Waals surface area contributed by atoms with Crippen molar-refractivity contribution in [1.82, 2.24) is 20.4 Å². The summed E-state index contributed by atoms with van der Waals surface area (Å²) in [6.07, 6.45) is -2.93. The molecule has 0 saturated heterocycles. The van der Waals surface area contributed by atoms with Crippen LogP contribution >= 0.6 is 0 Å². The van der Waals surface area contributed by atoms with Crippen LogP contribution in [-0.2, 0) is 12.7 Å². The summed E-state index contributed by atoms with van der Waals surface area (Å²) in [6.45, 7) is -0.0824. The molecule has 102 valence electrons. The Kier molecular flexibility index (Phi) is 3.25. The lowest BCUT2D eigenvalue weighted by molar-refractivity contribution is -0.137. The van der Waals surface area contributed by atoms with E-state index in [0.29, 0.717) is 6.20 Å². The van der Waals surface area contributed by atoms with Crippen LogP contribution in [-0.4, -0.2) is 20.8 Å². The molecule has 2 aromatic heterocycles. The normalized spacial score (nSPS) is 11.6. The molecule has 0 saturated carbocycles. The fourth-order valence-corrected chi connectivity index (χ4v) is 1.32. The smallest absolute Gasteiger partial charge is 0.359 e. The summed E-state index contributed by atoms with van der Waals surface area (Å²) in [7, 11) is 0. The number of amides is 1. The van der Waals surface area contributed by atoms with Gasteiger partial charge < -0.3 is 4.52 Å². The van der Waals surface area contributed by atoms with Gasteiger partial charge in [0, 0.05) is 12.3 Å². The molecule has 3 N–H and O–H groups in total. The van der Waals surface area contributed by atoms with E-state index in [1.165, 1.54) is 6.07 Å². The molecule has 1 amide bonds. The van der Waals surface area contributed by atoms with Gasteiger partial charge in [0.2, 0.25) is 0 Å². The number of hydrogen-bond acceptors (Lipinski definition) is 5. The lowest BCUT2D eigenvalue weighted by atomic mass is 10.3. The van der Waals surface area contributed by atoms with E-state index in [0.717, 1.165) is 10.9 Å². The molecule has 2 aromatic rings. The van der Waals surface area contributed by atoms with Gasteiger partial charge in [0.15, 0.2) is 11.5 Å². The number of carbonyl (C=O) groups excluding carboxylic acids is 1. The van der Waals surface area contributed by atoms with Gasteiger partial charge in [-0.15, -0.1) is 0 Å². The van der Waals surface area contributed by atoms with Gasteiger partial charge in [-0.1, -0.05) is 5.16 Å². The molecule has 2 rings (SSSR count). The van der Waals surface area contributed by atoms with E-state index in [1.54, 1.807) is 0 Å². The fourth-order valence-electron chi connectivity index (χ4n) is 1.32. The van der Waals surface area contributed by atoms with Crippen molar-refractivity contribution in [1.29, 1.82) is 0 Å². The van der Waals surface area contributed by atoms with Crippen LogP contribution in [0.2, 0.25) is 0 Å². The van der Waals surface area contributed by atoms with Crippen molar-refractivity contribution in [3.05, 3.63) is 35.5 Å². The maximum absolute atomic E-state index is 12.3. The number of nitrogens with one attached hydrogen (secondary N) is 1. The summed E-state index contributed by atoms with van der Waals surface area (Å²) >= 11 is 0. The van der Waals surface area contributed by atoms with Gasteiger partial charge in [-0.2, -0.15) is 18.3 Å². The zero-order chi connectivity index (χ0) is 14.0. The quantitative estimate of drug-likeness (QED) is 0.484. The van der Waals surface area contributed by atoms with Crippen LogP contribution in [0.4, 0.5) is 13.2 Å². The maximum Gasteiger partial charge on any atom is 0.419 e. The first-order chi connectivity index (χ1) is 8.90. The molecule has 0 atom stereocenters. The molecule has 0 aliphatic heterocycles. The Bertz CT molecular complexity index is 589. The molecule has 0 aliphatic rings. The SMILES string of the molecule is NNC(=O)c1cc(Cn2cc(C(F)(F)F)cn2)on1.